The third kappa shape index (κ3) is 1.77. The lowest BCUT2D eigenvalue weighted by Gasteiger charge is -1.96. The molecule has 2 heterocycles. The Bertz CT molecular complexity index is 555. The van der Waals surface area contributed by atoms with Crippen molar-refractivity contribution >= 4 is 18.0 Å². The molecular weight excluding hydrogens is 299 g/mol. The molecule has 2 aliphatic rings. The zero-order chi connectivity index (χ0) is 9.38. The molecule has 0 saturated heterocycles. The van der Waals surface area contributed by atoms with Crippen molar-refractivity contribution in [1.29, 1.82) is 0 Å². The molecule has 3 rings (SSSR count). The van der Waals surface area contributed by atoms with Gasteiger partial charge in [-0.05, 0) is 11.3 Å². The summed E-state index contributed by atoms with van der Waals surface area (Å²) < 4.78 is 0. The maximum absolute atomic E-state index is 4.21. The van der Waals surface area contributed by atoms with E-state index in [-0.39, 0.29) is 24.0 Å². The number of hydrogen-bond donors (Lipinski definition) is 1. The molecule has 0 radical (unpaired) electrons. The van der Waals surface area contributed by atoms with Crippen molar-refractivity contribution < 1.29 is 29.3 Å². The molecule has 0 aliphatic carbocycles. The molecule has 0 spiro atoms. The predicted octanol–water partition coefficient (Wildman–Crippen LogP) is -3.88. The van der Waals surface area contributed by atoms with E-state index in [0.717, 1.165) is 6.54 Å². The van der Waals surface area contributed by atoms with E-state index < -0.39 is 0 Å². The van der Waals surface area contributed by atoms with Crippen LogP contribution in [0.3, 0.4) is 0 Å². The average molecular weight is 310 g/mol. The van der Waals surface area contributed by atoms with Gasteiger partial charge in [0.2, 0.25) is 0 Å². The van der Waals surface area contributed by atoms with Gasteiger partial charge in [-0.25, -0.2) is 0 Å². The highest BCUT2D eigenvalue weighted by Crippen LogP contribution is 2.11. The molecule has 1 aromatic rings. The van der Waals surface area contributed by atoms with Crippen molar-refractivity contribution in [2.75, 3.05) is 6.54 Å². The van der Waals surface area contributed by atoms with Gasteiger partial charge in [-0.15, -0.1) is 0 Å². The summed E-state index contributed by atoms with van der Waals surface area (Å²) in [6.45, 7) is 0.990. The number of benzene rings is 1. The molecule has 1 aromatic carbocycles. The van der Waals surface area contributed by atoms with Gasteiger partial charge in [-0.1, -0.05) is 18.2 Å². The fourth-order valence-corrected chi connectivity index (χ4v) is 1.96. The maximum atomic E-state index is 4.21. The van der Waals surface area contributed by atoms with Crippen LogP contribution in [-0.4, -0.2) is 12.8 Å². The van der Waals surface area contributed by atoms with Gasteiger partial charge in [0.1, 0.15) is 12.7 Å². The molecule has 3 heteroatoms. The first-order chi connectivity index (χ1) is 6.95. The zero-order valence-corrected chi connectivity index (χ0v) is 10.3. The van der Waals surface area contributed by atoms with Crippen LogP contribution < -0.4 is 39.7 Å². The first-order valence-electron chi connectivity index (χ1n) is 4.80. The molecule has 15 heavy (non-hydrogen) atoms. The second-order valence-electron chi connectivity index (χ2n) is 3.54. The molecule has 76 valence electrons. The van der Waals surface area contributed by atoms with E-state index in [0.29, 0.717) is 0 Å². The van der Waals surface area contributed by atoms with Crippen molar-refractivity contribution in [3.05, 3.63) is 46.5 Å². The predicted molar refractivity (Wildman–Crippen MR) is 56.9 cm³/mol. The summed E-state index contributed by atoms with van der Waals surface area (Å²) in [5.74, 6) is 0. The number of aliphatic imine (C=N–C) groups is 1. The van der Waals surface area contributed by atoms with Crippen molar-refractivity contribution in [3.63, 3.8) is 0 Å². The summed E-state index contributed by atoms with van der Waals surface area (Å²) in [7, 11) is 0. The number of halogens is 1. The molecule has 0 saturated carbocycles. The lowest BCUT2D eigenvalue weighted by atomic mass is 10.1. The second kappa shape index (κ2) is 4.28. The molecule has 2 N–H and O–H groups in total. The molecule has 2 aliphatic heterocycles. The SMILES string of the molecule is C1=NC=C2C[NH2+]C=c3ccccc3=C12.[I-]. The van der Waals surface area contributed by atoms with Crippen LogP contribution in [0, 0.1) is 0 Å². The standard InChI is InChI=1S/C12H10N2.HI/c1-2-4-11-9(3-1)5-13-6-10-7-14-8-12(10)11;/h1-5,7-8,13H,6H2;1H. The Labute approximate surface area is 105 Å². The summed E-state index contributed by atoms with van der Waals surface area (Å²) in [5, 5.41) is 4.79. The van der Waals surface area contributed by atoms with Crippen LogP contribution in [0.25, 0.3) is 11.8 Å². The highest BCUT2D eigenvalue weighted by atomic mass is 127. The minimum atomic E-state index is 0. The highest BCUT2D eigenvalue weighted by Gasteiger charge is 2.12. The van der Waals surface area contributed by atoms with Gasteiger partial charge in [0.25, 0.3) is 0 Å². The Kier molecular flexibility index (Phi) is 3.02. The normalized spacial score (nSPS) is 16.8. The van der Waals surface area contributed by atoms with Gasteiger partial charge in [0, 0.05) is 28.8 Å². The second-order valence-corrected chi connectivity index (χ2v) is 3.54. The van der Waals surface area contributed by atoms with Gasteiger partial charge in [-0.2, -0.15) is 0 Å². The molecule has 0 aromatic heterocycles. The summed E-state index contributed by atoms with van der Waals surface area (Å²) in [6.07, 6.45) is 6.11. The fourth-order valence-electron chi connectivity index (χ4n) is 1.96. The van der Waals surface area contributed by atoms with E-state index in [2.05, 4.69) is 40.8 Å². The van der Waals surface area contributed by atoms with Crippen LogP contribution >= 0.6 is 0 Å². The molecule has 0 atom stereocenters. The third-order valence-electron chi connectivity index (χ3n) is 2.67. The van der Waals surface area contributed by atoms with Crippen LogP contribution in [0.15, 0.2) is 41.0 Å². The molecule has 0 bridgehead atoms. The molecule has 0 amide bonds. The van der Waals surface area contributed by atoms with E-state index in [9.17, 15) is 0 Å². The number of nitrogens with two attached hydrogens (primary N) is 1. The Morgan fingerprint density at radius 3 is 3.00 bits per heavy atom. The zero-order valence-electron chi connectivity index (χ0n) is 8.15. The van der Waals surface area contributed by atoms with Gasteiger partial charge >= 0.3 is 0 Å². The monoisotopic (exact) mass is 310 g/mol. The highest BCUT2D eigenvalue weighted by molar-refractivity contribution is 6.11. The quantitative estimate of drug-likeness (QED) is 0.475. The van der Waals surface area contributed by atoms with Crippen LogP contribution in [0.5, 0.6) is 0 Å². The lowest BCUT2D eigenvalue weighted by Crippen LogP contribution is -3.00. The van der Waals surface area contributed by atoms with Crippen LogP contribution in [0.2, 0.25) is 0 Å². The number of hydrogen-bond acceptors (Lipinski definition) is 1. The Morgan fingerprint density at radius 1 is 1.20 bits per heavy atom. The summed E-state index contributed by atoms with van der Waals surface area (Å²) in [6, 6.07) is 8.46. The smallest absolute Gasteiger partial charge is 0.108 e. The minimum absolute atomic E-state index is 0. The fraction of sp³-hybridized carbons (Fsp3) is 0.0833. The van der Waals surface area contributed by atoms with Gasteiger partial charge < -0.3 is 29.3 Å². The van der Waals surface area contributed by atoms with Crippen molar-refractivity contribution in [2.24, 2.45) is 4.99 Å². The average Bonchev–Trinajstić information content (AvgIpc) is 2.61. The van der Waals surface area contributed by atoms with Crippen LogP contribution in [0.4, 0.5) is 0 Å². The van der Waals surface area contributed by atoms with Gasteiger partial charge in [-0.3, -0.25) is 4.99 Å². The van der Waals surface area contributed by atoms with E-state index >= 15 is 0 Å². The Balaban J connectivity index is 0.000000853. The molecular formula is C12H11IN2. The third-order valence-corrected chi connectivity index (χ3v) is 2.67. The number of rotatable bonds is 0. The number of nitrogens with zero attached hydrogens (tertiary/aromatic N) is 1. The minimum Gasteiger partial charge on any atom is -1.00 e. The summed E-state index contributed by atoms with van der Waals surface area (Å²) in [4.78, 5) is 4.21. The first kappa shape index (κ1) is 10.6. The van der Waals surface area contributed by atoms with E-state index in [1.54, 1.807) is 0 Å². The van der Waals surface area contributed by atoms with E-state index in [1.165, 1.54) is 21.6 Å². The molecule has 0 unspecified atom stereocenters. The number of fused-ring (bicyclic) bond motifs is 2. The lowest BCUT2D eigenvalue weighted by molar-refractivity contribution is -0.543. The summed E-state index contributed by atoms with van der Waals surface area (Å²) >= 11 is 0. The van der Waals surface area contributed by atoms with Crippen molar-refractivity contribution in [2.45, 2.75) is 0 Å². The molecule has 2 nitrogen and oxygen atoms in total. The van der Waals surface area contributed by atoms with Gasteiger partial charge in [0.15, 0.2) is 0 Å². The first-order valence-corrected chi connectivity index (χ1v) is 4.80. The van der Waals surface area contributed by atoms with E-state index in [4.69, 9.17) is 0 Å². The van der Waals surface area contributed by atoms with Crippen molar-refractivity contribution in [3.8, 4) is 0 Å². The van der Waals surface area contributed by atoms with Crippen LogP contribution in [0.1, 0.15) is 0 Å². The molecule has 0 fully saturated rings. The Morgan fingerprint density at radius 2 is 2.07 bits per heavy atom. The van der Waals surface area contributed by atoms with Crippen molar-refractivity contribution in [1.82, 2.24) is 0 Å². The maximum Gasteiger partial charge on any atom is 0.108 e. The largest absolute Gasteiger partial charge is 1.00 e. The number of quaternary nitrogens is 1. The van der Waals surface area contributed by atoms with Gasteiger partial charge in [0.05, 0.1) is 0 Å². The topological polar surface area (TPSA) is 29.0 Å². The van der Waals surface area contributed by atoms with Crippen LogP contribution in [-0.2, 0) is 0 Å². The summed E-state index contributed by atoms with van der Waals surface area (Å²) in [5.41, 5.74) is 2.61. The Hall–Kier alpha value is -0.940. The van der Waals surface area contributed by atoms with E-state index in [1.807, 2.05) is 12.4 Å².